The summed E-state index contributed by atoms with van der Waals surface area (Å²) in [6.45, 7) is 3.96. The van der Waals surface area contributed by atoms with Crippen molar-refractivity contribution in [3.63, 3.8) is 0 Å². The number of methoxy groups -OCH3 is 1. The van der Waals surface area contributed by atoms with Gasteiger partial charge >= 0.3 is 5.97 Å². The molecule has 1 rings (SSSR count). The van der Waals surface area contributed by atoms with Crippen molar-refractivity contribution in [2.75, 3.05) is 12.4 Å². The van der Waals surface area contributed by atoms with Crippen LogP contribution in [0.3, 0.4) is 0 Å². The predicted molar refractivity (Wildman–Crippen MR) is 78.9 cm³/mol. The van der Waals surface area contributed by atoms with Gasteiger partial charge < -0.3 is 15.8 Å². The Morgan fingerprint density at radius 3 is 2.60 bits per heavy atom. The second-order valence-corrected chi connectivity index (χ2v) is 5.34. The van der Waals surface area contributed by atoms with Crippen LogP contribution in [0, 0.1) is 5.92 Å². The lowest BCUT2D eigenvalue weighted by Gasteiger charge is -2.16. The van der Waals surface area contributed by atoms with Crippen LogP contribution in [0.1, 0.15) is 30.6 Å². The van der Waals surface area contributed by atoms with Gasteiger partial charge in [0.1, 0.15) is 0 Å². The number of esters is 1. The van der Waals surface area contributed by atoms with E-state index in [1.165, 1.54) is 19.2 Å². The van der Waals surface area contributed by atoms with Gasteiger partial charge in [0.2, 0.25) is 5.91 Å². The molecule has 0 bridgehead atoms. The number of nitrogens with one attached hydrogen (secondary N) is 1. The van der Waals surface area contributed by atoms with Gasteiger partial charge in [-0.15, -0.1) is 0 Å². The van der Waals surface area contributed by atoms with Gasteiger partial charge in [-0.25, -0.2) is 4.79 Å². The van der Waals surface area contributed by atoms with Gasteiger partial charge in [0.25, 0.3) is 0 Å². The molecule has 0 aromatic heterocycles. The summed E-state index contributed by atoms with van der Waals surface area (Å²) in [4.78, 5) is 23.6. The first kappa shape index (κ1) is 16.5. The van der Waals surface area contributed by atoms with Crippen molar-refractivity contribution in [3.05, 3.63) is 28.8 Å². The molecule has 0 saturated heterocycles. The number of ether oxygens (including phenoxy) is 1. The number of benzene rings is 1. The van der Waals surface area contributed by atoms with Gasteiger partial charge in [0.05, 0.1) is 24.4 Å². The zero-order valence-corrected chi connectivity index (χ0v) is 12.5. The van der Waals surface area contributed by atoms with Crippen molar-refractivity contribution in [2.24, 2.45) is 11.7 Å². The molecule has 0 saturated carbocycles. The van der Waals surface area contributed by atoms with Crippen molar-refractivity contribution >= 4 is 29.2 Å². The van der Waals surface area contributed by atoms with Crippen LogP contribution < -0.4 is 11.1 Å². The van der Waals surface area contributed by atoms with Crippen LogP contribution >= 0.6 is 11.6 Å². The summed E-state index contributed by atoms with van der Waals surface area (Å²) in [6.07, 6.45) is 0.556. The quantitative estimate of drug-likeness (QED) is 0.818. The van der Waals surface area contributed by atoms with Crippen LogP contribution in [-0.4, -0.2) is 25.0 Å². The first-order chi connectivity index (χ1) is 9.35. The van der Waals surface area contributed by atoms with Gasteiger partial charge in [-0.05, 0) is 30.5 Å². The molecule has 1 aromatic rings. The molecule has 0 aliphatic heterocycles. The highest BCUT2D eigenvalue weighted by molar-refractivity contribution is 6.31. The van der Waals surface area contributed by atoms with Crippen molar-refractivity contribution in [1.29, 1.82) is 0 Å². The van der Waals surface area contributed by atoms with Gasteiger partial charge in [0, 0.05) is 5.02 Å². The molecule has 20 heavy (non-hydrogen) atoms. The zero-order valence-electron chi connectivity index (χ0n) is 11.8. The predicted octanol–water partition coefficient (Wildman–Crippen LogP) is 2.44. The zero-order chi connectivity index (χ0) is 15.3. The fourth-order valence-electron chi connectivity index (χ4n) is 1.75. The molecule has 1 aromatic carbocycles. The maximum absolute atomic E-state index is 12.0. The minimum atomic E-state index is -0.639. The summed E-state index contributed by atoms with van der Waals surface area (Å²) in [5.74, 6) is -0.601. The smallest absolute Gasteiger partial charge is 0.339 e. The van der Waals surface area contributed by atoms with Gasteiger partial charge in [0.15, 0.2) is 0 Å². The molecule has 0 spiro atoms. The summed E-state index contributed by atoms with van der Waals surface area (Å²) < 4.78 is 4.66. The van der Waals surface area contributed by atoms with Crippen LogP contribution in [0.5, 0.6) is 0 Å². The van der Waals surface area contributed by atoms with Crippen LogP contribution in [0.15, 0.2) is 18.2 Å². The molecular formula is C14H19ClN2O3. The molecule has 0 aliphatic carbocycles. The second-order valence-electron chi connectivity index (χ2n) is 4.91. The number of rotatable bonds is 5. The number of nitrogens with two attached hydrogens (primary N) is 1. The normalized spacial score (nSPS) is 12.1. The third-order valence-corrected chi connectivity index (χ3v) is 2.94. The highest BCUT2D eigenvalue weighted by Crippen LogP contribution is 2.22. The summed E-state index contributed by atoms with van der Waals surface area (Å²) in [5, 5.41) is 3.03. The first-order valence-electron chi connectivity index (χ1n) is 6.29. The third kappa shape index (κ3) is 4.51. The van der Waals surface area contributed by atoms with E-state index in [2.05, 4.69) is 10.1 Å². The van der Waals surface area contributed by atoms with E-state index in [0.29, 0.717) is 23.0 Å². The molecular weight excluding hydrogens is 280 g/mol. The Morgan fingerprint density at radius 1 is 1.40 bits per heavy atom. The molecule has 0 radical (unpaired) electrons. The summed E-state index contributed by atoms with van der Waals surface area (Å²) in [7, 11) is 1.27. The van der Waals surface area contributed by atoms with Crippen LogP contribution in [-0.2, 0) is 9.53 Å². The Labute approximate surface area is 123 Å². The Hall–Kier alpha value is -1.59. The molecule has 110 valence electrons. The Balaban J connectivity index is 2.93. The van der Waals surface area contributed by atoms with E-state index in [-0.39, 0.29) is 11.5 Å². The van der Waals surface area contributed by atoms with E-state index >= 15 is 0 Å². The van der Waals surface area contributed by atoms with Crippen molar-refractivity contribution in [1.82, 2.24) is 0 Å². The topological polar surface area (TPSA) is 81.4 Å². The molecule has 1 unspecified atom stereocenters. The lowest BCUT2D eigenvalue weighted by molar-refractivity contribution is -0.117. The molecule has 6 heteroatoms. The lowest BCUT2D eigenvalue weighted by atomic mass is 10.0. The monoisotopic (exact) mass is 298 g/mol. The van der Waals surface area contributed by atoms with E-state index in [1.54, 1.807) is 6.07 Å². The highest BCUT2D eigenvalue weighted by atomic mass is 35.5. The van der Waals surface area contributed by atoms with E-state index in [9.17, 15) is 9.59 Å². The minimum Gasteiger partial charge on any atom is -0.465 e. The SMILES string of the molecule is COC(=O)c1ccc(Cl)cc1NC(=O)C(N)CC(C)C. The minimum absolute atomic E-state index is 0.238. The van der Waals surface area contributed by atoms with Crippen LogP contribution in [0.25, 0.3) is 0 Å². The highest BCUT2D eigenvalue weighted by Gasteiger charge is 2.19. The summed E-state index contributed by atoms with van der Waals surface area (Å²) >= 11 is 5.88. The fraction of sp³-hybridized carbons (Fsp3) is 0.429. The Morgan fingerprint density at radius 2 is 2.05 bits per heavy atom. The van der Waals surface area contributed by atoms with E-state index in [4.69, 9.17) is 17.3 Å². The van der Waals surface area contributed by atoms with E-state index in [1.807, 2.05) is 13.8 Å². The molecule has 1 atom stereocenters. The standard InChI is InChI=1S/C14H19ClN2O3/c1-8(2)6-11(16)13(18)17-12-7-9(15)4-5-10(12)14(19)20-3/h4-5,7-8,11H,6,16H2,1-3H3,(H,17,18). The molecule has 0 heterocycles. The molecule has 1 amide bonds. The van der Waals surface area contributed by atoms with Gasteiger partial charge in [-0.3, -0.25) is 4.79 Å². The molecule has 0 aliphatic rings. The number of carbonyl (C=O) groups excluding carboxylic acids is 2. The molecule has 3 N–H and O–H groups in total. The Kier molecular flexibility index (Phi) is 5.98. The number of anilines is 1. The first-order valence-corrected chi connectivity index (χ1v) is 6.67. The number of hydrogen-bond donors (Lipinski definition) is 2. The van der Waals surface area contributed by atoms with Gasteiger partial charge in [-0.1, -0.05) is 25.4 Å². The third-order valence-electron chi connectivity index (χ3n) is 2.71. The average molecular weight is 299 g/mol. The second kappa shape index (κ2) is 7.26. The van der Waals surface area contributed by atoms with Crippen molar-refractivity contribution in [2.45, 2.75) is 26.3 Å². The number of carbonyl (C=O) groups is 2. The summed E-state index contributed by atoms with van der Waals surface area (Å²) in [5.41, 5.74) is 6.34. The fourth-order valence-corrected chi connectivity index (χ4v) is 1.92. The number of halogens is 1. The van der Waals surface area contributed by atoms with Gasteiger partial charge in [-0.2, -0.15) is 0 Å². The lowest BCUT2D eigenvalue weighted by Crippen LogP contribution is -2.37. The molecule has 5 nitrogen and oxygen atoms in total. The van der Waals surface area contributed by atoms with Crippen molar-refractivity contribution < 1.29 is 14.3 Å². The van der Waals surface area contributed by atoms with E-state index in [0.717, 1.165) is 0 Å². The molecule has 0 fully saturated rings. The van der Waals surface area contributed by atoms with Crippen LogP contribution in [0.2, 0.25) is 5.02 Å². The average Bonchev–Trinajstić information content (AvgIpc) is 2.37. The number of hydrogen-bond acceptors (Lipinski definition) is 4. The van der Waals surface area contributed by atoms with E-state index < -0.39 is 12.0 Å². The Bertz CT molecular complexity index is 503. The maximum atomic E-state index is 12.0. The maximum Gasteiger partial charge on any atom is 0.339 e. The largest absolute Gasteiger partial charge is 0.465 e. The van der Waals surface area contributed by atoms with Crippen molar-refractivity contribution in [3.8, 4) is 0 Å². The van der Waals surface area contributed by atoms with Crippen LogP contribution in [0.4, 0.5) is 5.69 Å². The number of amides is 1. The summed E-state index contributed by atoms with van der Waals surface area (Å²) in [6, 6.07) is 3.91.